The van der Waals surface area contributed by atoms with E-state index in [1.54, 1.807) is 7.11 Å². The zero-order valence-corrected chi connectivity index (χ0v) is 14.0. The first-order chi connectivity index (χ1) is 11.8. The standard InChI is InChI=1S/C17H17N3O3S/c1-22-13-4-2-12(3-5-13)6-8-18-15(21)10-23-16-14-7-9-24-17(14)20-11-19-16/h2-5,7,9,11H,6,8,10H2,1H3,(H,18,21). The number of fused-ring (bicyclic) bond motifs is 1. The molecule has 0 spiro atoms. The van der Waals surface area contributed by atoms with E-state index in [9.17, 15) is 4.79 Å². The van der Waals surface area contributed by atoms with Crippen molar-refractivity contribution in [2.24, 2.45) is 0 Å². The molecule has 2 aromatic heterocycles. The lowest BCUT2D eigenvalue weighted by molar-refractivity contribution is -0.123. The van der Waals surface area contributed by atoms with Crippen LogP contribution in [0.3, 0.4) is 0 Å². The van der Waals surface area contributed by atoms with Gasteiger partial charge in [-0.05, 0) is 35.6 Å². The summed E-state index contributed by atoms with van der Waals surface area (Å²) in [5, 5.41) is 5.58. The summed E-state index contributed by atoms with van der Waals surface area (Å²) in [6.07, 6.45) is 2.19. The summed E-state index contributed by atoms with van der Waals surface area (Å²) in [5.74, 6) is 1.08. The summed E-state index contributed by atoms with van der Waals surface area (Å²) < 4.78 is 10.6. The number of nitrogens with zero attached hydrogens (tertiary/aromatic N) is 2. The first-order valence-electron chi connectivity index (χ1n) is 7.47. The monoisotopic (exact) mass is 343 g/mol. The minimum atomic E-state index is -0.175. The Hall–Kier alpha value is -2.67. The number of rotatable bonds is 7. The van der Waals surface area contributed by atoms with E-state index in [1.165, 1.54) is 17.7 Å². The predicted molar refractivity (Wildman–Crippen MR) is 92.6 cm³/mol. The normalized spacial score (nSPS) is 10.5. The van der Waals surface area contributed by atoms with E-state index in [-0.39, 0.29) is 12.5 Å². The van der Waals surface area contributed by atoms with Gasteiger partial charge < -0.3 is 14.8 Å². The Morgan fingerprint density at radius 2 is 2.04 bits per heavy atom. The minimum Gasteiger partial charge on any atom is -0.497 e. The van der Waals surface area contributed by atoms with Gasteiger partial charge in [0.05, 0.1) is 12.5 Å². The number of amides is 1. The maximum atomic E-state index is 11.9. The van der Waals surface area contributed by atoms with Crippen LogP contribution in [0, 0.1) is 0 Å². The van der Waals surface area contributed by atoms with Crippen molar-refractivity contribution in [1.82, 2.24) is 15.3 Å². The highest BCUT2D eigenvalue weighted by Gasteiger charge is 2.08. The molecular formula is C17H17N3O3S. The van der Waals surface area contributed by atoms with Crippen molar-refractivity contribution in [2.75, 3.05) is 20.3 Å². The first-order valence-corrected chi connectivity index (χ1v) is 8.35. The van der Waals surface area contributed by atoms with Crippen molar-refractivity contribution in [1.29, 1.82) is 0 Å². The lowest BCUT2D eigenvalue weighted by Gasteiger charge is -2.08. The van der Waals surface area contributed by atoms with E-state index in [2.05, 4.69) is 15.3 Å². The summed E-state index contributed by atoms with van der Waals surface area (Å²) >= 11 is 1.51. The number of carbonyl (C=O) groups excluding carboxylic acids is 1. The molecule has 0 aliphatic carbocycles. The number of aromatic nitrogens is 2. The van der Waals surface area contributed by atoms with Gasteiger partial charge in [-0.2, -0.15) is 0 Å². The van der Waals surface area contributed by atoms with Crippen LogP contribution >= 0.6 is 11.3 Å². The third kappa shape index (κ3) is 3.99. The molecule has 0 unspecified atom stereocenters. The highest BCUT2D eigenvalue weighted by molar-refractivity contribution is 7.16. The molecule has 0 atom stereocenters. The molecule has 3 rings (SSSR count). The molecule has 1 aromatic carbocycles. The summed E-state index contributed by atoms with van der Waals surface area (Å²) in [6.45, 7) is 0.483. The maximum absolute atomic E-state index is 11.9. The van der Waals surface area contributed by atoms with Crippen LogP contribution in [-0.2, 0) is 11.2 Å². The smallest absolute Gasteiger partial charge is 0.258 e. The zero-order valence-electron chi connectivity index (χ0n) is 13.2. The average molecular weight is 343 g/mol. The third-order valence-corrected chi connectivity index (χ3v) is 4.28. The summed E-state index contributed by atoms with van der Waals surface area (Å²) in [5.41, 5.74) is 1.13. The van der Waals surface area contributed by atoms with Crippen molar-refractivity contribution in [2.45, 2.75) is 6.42 Å². The second-order valence-corrected chi connectivity index (χ2v) is 5.95. The molecule has 0 saturated carbocycles. The molecule has 2 heterocycles. The van der Waals surface area contributed by atoms with Crippen molar-refractivity contribution < 1.29 is 14.3 Å². The Morgan fingerprint density at radius 1 is 1.21 bits per heavy atom. The number of benzene rings is 1. The molecule has 3 aromatic rings. The van der Waals surface area contributed by atoms with E-state index in [0.29, 0.717) is 12.4 Å². The molecule has 124 valence electrons. The Bertz CT molecular complexity index is 817. The molecule has 24 heavy (non-hydrogen) atoms. The number of hydrogen-bond acceptors (Lipinski definition) is 6. The highest BCUT2D eigenvalue weighted by atomic mass is 32.1. The Labute approximate surface area is 143 Å². The van der Waals surface area contributed by atoms with E-state index in [1.807, 2.05) is 35.7 Å². The third-order valence-electron chi connectivity index (χ3n) is 3.46. The topological polar surface area (TPSA) is 73.3 Å². The second kappa shape index (κ2) is 7.74. The number of carbonyl (C=O) groups is 1. The number of ether oxygens (including phenoxy) is 2. The molecule has 6 nitrogen and oxygen atoms in total. The van der Waals surface area contributed by atoms with Crippen molar-refractivity contribution >= 4 is 27.5 Å². The molecule has 0 bridgehead atoms. The molecule has 0 fully saturated rings. The number of methoxy groups -OCH3 is 1. The van der Waals surface area contributed by atoms with Gasteiger partial charge in [0.25, 0.3) is 5.91 Å². The first kappa shape index (κ1) is 16.2. The fourth-order valence-corrected chi connectivity index (χ4v) is 2.93. The second-order valence-electron chi connectivity index (χ2n) is 5.05. The van der Waals surface area contributed by atoms with Crippen molar-refractivity contribution in [3.8, 4) is 11.6 Å². The Morgan fingerprint density at radius 3 is 2.83 bits per heavy atom. The fourth-order valence-electron chi connectivity index (χ4n) is 2.21. The van der Waals surface area contributed by atoms with Crippen molar-refractivity contribution in [3.63, 3.8) is 0 Å². The molecule has 1 amide bonds. The van der Waals surface area contributed by atoms with Gasteiger partial charge in [-0.1, -0.05) is 12.1 Å². The van der Waals surface area contributed by atoms with Crippen LogP contribution in [0.4, 0.5) is 0 Å². The Kier molecular flexibility index (Phi) is 5.22. The van der Waals surface area contributed by atoms with Crippen LogP contribution in [0.15, 0.2) is 42.0 Å². The molecular weight excluding hydrogens is 326 g/mol. The number of hydrogen-bond donors (Lipinski definition) is 1. The van der Waals surface area contributed by atoms with Gasteiger partial charge in [0.15, 0.2) is 6.61 Å². The molecule has 1 N–H and O–H groups in total. The van der Waals surface area contributed by atoms with Gasteiger partial charge in [-0.15, -0.1) is 11.3 Å². The molecule has 7 heteroatoms. The van der Waals surface area contributed by atoms with Crippen LogP contribution in [0.1, 0.15) is 5.56 Å². The van der Waals surface area contributed by atoms with E-state index in [4.69, 9.17) is 9.47 Å². The van der Waals surface area contributed by atoms with Crippen LogP contribution in [0.25, 0.3) is 10.2 Å². The van der Waals surface area contributed by atoms with Crippen LogP contribution < -0.4 is 14.8 Å². The fraction of sp³-hybridized carbons (Fsp3) is 0.235. The van der Waals surface area contributed by atoms with Crippen LogP contribution in [0.2, 0.25) is 0 Å². The van der Waals surface area contributed by atoms with Gasteiger partial charge in [0.2, 0.25) is 5.88 Å². The van der Waals surface area contributed by atoms with Gasteiger partial charge in [0.1, 0.15) is 16.9 Å². The zero-order chi connectivity index (χ0) is 16.8. The van der Waals surface area contributed by atoms with Crippen LogP contribution in [-0.4, -0.2) is 36.1 Å². The highest BCUT2D eigenvalue weighted by Crippen LogP contribution is 2.25. The predicted octanol–water partition coefficient (Wildman–Crippen LogP) is 2.44. The largest absolute Gasteiger partial charge is 0.497 e. The van der Waals surface area contributed by atoms with E-state index in [0.717, 1.165) is 28.0 Å². The van der Waals surface area contributed by atoms with E-state index < -0.39 is 0 Å². The minimum absolute atomic E-state index is 0.0649. The maximum Gasteiger partial charge on any atom is 0.258 e. The summed E-state index contributed by atoms with van der Waals surface area (Å²) in [6, 6.07) is 9.66. The summed E-state index contributed by atoms with van der Waals surface area (Å²) in [4.78, 5) is 21.0. The Balaban J connectivity index is 1.45. The quantitative estimate of drug-likeness (QED) is 0.713. The molecule has 0 radical (unpaired) electrons. The van der Waals surface area contributed by atoms with Crippen LogP contribution in [0.5, 0.6) is 11.6 Å². The summed E-state index contributed by atoms with van der Waals surface area (Å²) in [7, 11) is 1.64. The lowest BCUT2D eigenvalue weighted by Crippen LogP contribution is -2.30. The number of thiophene rings is 1. The van der Waals surface area contributed by atoms with Crippen molar-refractivity contribution in [3.05, 3.63) is 47.6 Å². The average Bonchev–Trinajstić information content (AvgIpc) is 3.10. The molecule has 0 saturated heterocycles. The van der Waals surface area contributed by atoms with Gasteiger partial charge in [0, 0.05) is 6.54 Å². The molecule has 0 aliphatic heterocycles. The SMILES string of the molecule is COc1ccc(CCNC(=O)COc2ncnc3sccc23)cc1. The van der Waals surface area contributed by atoms with E-state index >= 15 is 0 Å². The number of nitrogens with one attached hydrogen (secondary N) is 1. The van der Waals surface area contributed by atoms with Gasteiger partial charge in [-0.3, -0.25) is 4.79 Å². The van der Waals surface area contributed by atoms with Gasteiger partial charge in [-0.25, -0.2) is 9.97 Å². The lowest BCUT2D eigenvalue weighted by atomic mass is 10.1. The molecule has 0 aliphatic rings. The van der Waals surface area contributed by atoms with Gasteiger partial charge >= 0.3 is 0 Å².